The van der Waals surface area contributed by atoms with Gasteiger partial charge in [0.2, 0.25) is 11.8 Å². The van der Waals surface area contributed by atoms with Crippen molar-refractivity contribution in [2.75, 3.05) is 17.4 Å². The number of carbonyl (C=O) groups excluding carboxylic acids is 2. The van der Waals surface area contributed by atoms with Crippen LogP contribution in [0.3, 0.4) is 0 Å². The molecule has 1 N–H and O–H groups in total. The summed E-state index contributed by atoms with van der Waals surface area (Å²) in [6.07, 6.45) is 0.285. The van der Waals surface area contributed by atoms with Crippen molar-refractivity contribution >= 4 is 27.5 Å². The van der Waals surface area contributed by atoms with E-state index in [0.29, 0.717) is 23.6 Å². The van der Waals surface area contributed by atoms with Crippen molar-refractivity contribution in [1.29, 1.82) is 0 Å². The highest BCUT2D eigenvalue weighted by molar-refractivity contribution is 7.92. The van der Waals surface area contributed by atoms with Gasteiger partial charge in [0.25, 0.3) is 10.0 Å². The van der Waals surface area contributed by atoms with E-state index in [1.807, 2.05) is 39.0 Å². The van der Waals surface area contributed by atoms with Gasteiger partial charge in [-0.15, -0.1) is 0 Å². The van der Waals surface area contributed by atoms with E-state index >= 15 is 0 Å². The van der Waals surface area contributed by atoms with Gasteiger partial charge in [-0.05, 0) is 85.5 Å². The van der Waals surface area contributed by atoms with Crippen molar-refractivity contribution in [2.24, 2.45) is 5.92 Å². The lowest BCUT2D eigenvalue weighted by atomic mass is 10.1. The van der Waals surface area contributed by atoms with Crippen LogP contribution in [-0.2, 0) is 26.2 Å². The first-order valence-electron chi connectivity index (χ1n) is 15.2. The number of carbonyl (C=O) groups is 2. The Kier molecular flexibility index (Phi) is 11.5. The van der Waals surface area contributed by atoms with E-state index in [0.717, 1.165) is 9.87 Å². The maximum Gasteiger partial charge on any atom is 0.264 e. The third-order valence-corrected chi connectivity index (χ3v) is 9.12. The van der Waals surface area contributed by atoms with Gasteiger partial charge in [-0.1, -0.05) is 68.8 Å². The third-order valence-electron chi connectivity index (χ3n) is 7.33. The van der Waals surface area contributed by atoms with Crippen LogP contribution in [0.2, 0.25) is 0 Å². The van der Waals surface area contributed by atoms with Crippen LogP contribution < -0.4 is 14.4 Å². The Hall–Kier alpha value is -4.70. The topological polar surface area (TPSA) is 96.0 Å². The molecule has 1 unspecified atom stereocenters. The zero-order chi connectivity index (χ0) is 33.3. The van der Waals surface area contributed by atoms with Crippen molar-refractivity contribution in [3.8, 4) is 11.5 Å². The summed E-state index contributed by atoms with van der Waals surface area (Å²) >= 11 is 0. The molecule has 0 aromatic heterocycles. The maximum absolute atomic E-state index is 14.2. The molecule has 4 aromatic carbocycles. The Morgan fingerprint density at radius 1 is 0.848 bits per heavy atom. The third kappa shape index (κ3) is 8.94. The van der Waals surface area contributed by atoms with E-state index in [-0.39, 0.29) is 35.4 Å². The zero-order valence-electron chi connectivity index (χ0n) is 26.5. The standard InChI is InChI=1S/C36H40FN3O5S/c1-5-34(36(42)38-23-26(2)3)39(24-28-13-15-29(37)16-14-28)35(41)25-40(46(43,44)33-21-11-27(4)12-22-33)30-17-19-32(20-18-30)45-31-9-7-6-8-10-31/h6-22,26,34H,5,23-25H2,1-4H3,(H,38,42). The molecule has 0 spiro atoms. The first-order valence-corrected chi connectivity index (χ1v) is 16.7. The molecule has 0 bridgehead atoms. The lowest BCUT2D eigenvalue weighted by Gasteiger charge is -2.33. The lowest BCUT2D eigenvalue weighted by molar-refractivity contribution is -0.140. The summed E-state index contributed by atoms with van der Waals surface area (Å²) in [6, 6.07) is 26.7. The van der Waals surface area contributed by atoms with Crippen LogP contribution >= 0.6 is 0 Å². The molecule has 4 rings (SSSR count). The molecular formula is C36H40FN3O5S. The van der Waals surface area contributed by atoms with Gasteiger partial charge in [0.1, 0.15) is 29.9 Å². The number of benzene rings is 4. The minimum atomic E-state index is -4.23. The molecule has 46 heavy (non-hydrogen) atoms. The van der Waals surface area contributed by atoms with Crippen LogP contribution in [0.4, 0.5) is 10.1 Å². The Morgan fingerprint density at radius 3 is 2.04 bits per heavy atom. The average molecular weight is 646 g/mol. The number of hydrogen-bond acceptors (Lipinski definition) is 5. The lowest BCUT2D eigenvalue weighted by Crippen LogP contribution is -2.52. The highest BCUT2D eigenvalue weighted by Crippen LogP contribution is 2.29. The second-order valence-corrected chi connectivity index (χ2v) is 13.3. The largest absolute Gasteiger partial charge is 0.457 e. The van der Waals surface area contributed by atoms with Crippen LogP contribution in [0.15, 0.2) is 108 Å². The average Bonchev–Trinajstić information content (AvgIpc) is 3.04. The second-order valence-electron chi connectivity index (χ2n) is 11.4. The molecule has 0 heterocycles. The van der Waals surface area contributed by atoms with Crippen molar-refractivity contribution in [3.05, 3.63) is 120 Å². The van der Waals surface area contributed by atoms with Crippen LogP contribution in [0, 0.1) is 18.7 Å². The fraction of sp³-hybridized carbons (Fsp3) is 0.278. The number of halogens is 1. The summed E-state index contributed by atoms with van der Waals surface area (Å²) in [5.41, 5.74) is 1.72. The molecule has 0 radical (unpaired) electrons. The molecule has 0 aliphatic carbocycles. The number of para-hydroxylation sites is 1. The van der Waals surface area contributed by atoms with Crippen molar-refractivity contribution in [2.45, 2.75) is 51.6 Å². The number of nitrogens with zero attached hydrogens (tertiary/aromatic N) is 2. The van der Waals surface area contributed by atoms with E-state index in [9.17, 15) is 22.4 Å². The van der Waals surface area contributed by atoms with Crippen molar-refractivity contribution < 1.29 is 27.1 Å². The summed E-state index contributed by atoms with van der Waals surface area (Å²) in [4.78, 5) is 29.0. The molecule has 1 atom stereocenters. The normalized spacial score (nSPS) is 12.0. The molecule has 0 aliphatic heterocycles. The number of hydrogen-bond donors (Lipinski definition) is 1. The highest BCUT2D eigenvalue weighted by Gasteiger charge is 2.33. The molecule has 0 saturated carbocycles. The number of amides is 2. The van der Waals surface area contributed by atoms with E-state index in [2.05, 4.69) is 5.32 Å². The summed E-state index contributed by atoms with van der Waals surface area (Å²) in [5.74, 6) is -0.0737. The van der Waals surface area contributed by atoms with Gasteiger partial charge in [0, 0.05) is 13.1 Å². The summed E-state index contributed by atoms with van der Waals surface area (Å²) < 4.78 is 48.9. The van der Waals surface area contributed by atoms with Gasteiger partial charge in [0.15, 0.2) is 0 Å². The fourth-order valence-corrected chi connectivity index (χ4v) is 6.21. The molecule has 242 valence electrons. The van der Waals surface area contributed by atoms with Gasteiger partial charge in [-0.3, -0.25) is 13.9 Å². The monoisotopic (exact) mass is 645 g/mol. The molecular weight excluding hydrogens is 605 g/mol. The predicted molar refractivity (Wildman–Crippen MR) is 178 cm³/mol. The molecule has 4 aromatic rings. The number of ether oxygens (including phenoxy) is 1. The quantitative estimate of drug-likeness (QED) is 0.165. The van der Waals surface area contributed by atoms with Crippen LogP contribution in [0.1, 0.15) is 38.3 Å². The summed E-state index contributed by atoms with van der Waals surface area (Å²) in [5, 5.41) is 2.90. The fourth-order valence-electron chi connectivity index (χ4n) is 4.80. The van der Waals surface area contributed by atoms with Crippen LogP contribution in [-0.4, -0.2) is 44.3 Å². The number of anilines is 1. The van der Waals surface area contributed by atoms with Crippen molar-refractivity contribution in [3.63, 3.8) is 0 Å². The van der Waals surface area contributed by atoms with Gasteiger partial charge < -0.3 is 15.0 Å². The molecule has 0 saturated heterocycles. The maximum atomic E-state index is 14.2. The van der Waals surface area contributed by atoms with E-state index in [4.69, 9.17) is 4.74 Å². The highest BCUT2D eigenvalue weighted by atomic mass is 32.2. The van der Waals surface area contributed by atoms with E-state index in [1.54, 1.807) is 67.6 Å². The van der Waals surface area contributed by atoms with Crippen molar-refractivity contribution in [1.82, 2.24) is 10.2 Å². The molecule has 8 nitrogen and oxygen atoms in total. The van der Waals surface area contributed by atoms with Crippen LogP contribution in [0.5, 0.6) is 11.5 Å². The number of sulfonamides is 1. The minimum Gasteiger partial charge on any atom is -0.457 e. The van der Waals surface area contributed by atoms with E-state index < -0.39 is 34.3 Å². The SMILES string of the molecule is CCC(C(=O)NCC(C)C)N(Cc1ccc(F)cc1)C(=O)CN(c1ccc(Oc2ccccc2)cc1)S(=O)(=O)c1ccc(C)cc1. The first kappa shape index (κ1) is 34.2. The Morgan fingerprint density at radius 2 is 1.46 bits per heavy atom. The molecule has 2 amide bonds. The van der Waals surface area contributed by atoms with Gasteiger partial charge in [0.05, 0.1) is 10.6 Å². The molecule has 0 aliphatic rings. The summed E-state index contributed by atoms with van der Waals surface area (Å²) in [7, 11) is -4.23. The Bertz CT molecular complexity index is 1700. The molecule has 0 fully saturated rings. The zero-order valence-corrected chi connectivity index (χ0v) is 27.3. The Balaban J connectivity index is 1.71. The van der Waals surface area contributed by atoms with E-state index in [1.165, 1.54) is 29.2 Å². The van der Waals surface area contributed by atoms with Gasteiger partial charge in [-0.25, -0.2) is 12.8 Å². The second kappa shape index (κ2) is 15.5. The predicted octanol–water partition coefficient (Wildman–Crippen LogP) is 6.70. The summed E-state index contributed by atoms with van der Waals surface area (Å²) in [6.45, 7) is 7.39. The first-order chi connectivity index (χ1) is 22.0. The number of nitrogens with one attached hydrogen (secondary N) is 1. The number of aryl methyl sites for hydroxylation is 1. The van der Waals surface area contributed by atoms with Gasteiger partial charge >= 0.3 is 0 Å². The number of rotatable bonds is 14. The smallest absolute Gasteiger partial charge is 0.264 e. The van der Waals surface area contributed by atoms with Crippen LogP contribution in [0.25, 0.3) is 0 Å². The van der Waals surface area contributed by atoms with Gasteiger partial charge in [-0.2, -0.15) is 0 Å². The molecule has 10 heteroatoms. The Labute approximate surface area is 270 Å². The minimum absolute atomic E-state index is 0.0160.